The van der Waals surface area contributed by atoms with Crippen LogP contribution in [-0.4, -0.2) is 47.9 Å². The first-order chi connectivity index (χ1) is 10.5. The van der Waals surface area contributed by atoms with E-state index in [1.165, 1.54) is 43.5 Å². The Morgan fingerprint density at radius 1 is 1.41 bits per heavy atom. The van der Waals surface area contributed by atoms with Crippen LogP contribution in [0.2, 0.25) is 0 Å². The first-order valence-corrected chi connectivity index (χ1v) is 8.97. The molecule has 6 heteroatoms. The molecular formula is C16H27BrN4O. The molecule has 1 aliphatic heterocycles. The second-order valence-electron chi connectivity index (χ2n) is 6.32. The van der Waals surface area contributed by atoms with Gasteiger partial charge in [-0.15, -0.1) is 0 Å². The summed E-state index contributed by atoms with van der Waals surface area (Å²) in [7, 11) is 3.90. The van der Waals surface area contributed by atoms with Crippen LogP contribution in [0.1, 0.15) is 32.6 Å². The summed E-state index contributed by atoms with van der Waals surface area (Å²) in [5.41, 5.74) is 0.861. The van der Waals surface area contributed by atoms with E-state index in [1.54, 1.807) is 13.2 Å². The fraction of sp³-hybridized carbons (Fsp3) is 0.750. The number of aromatic nitrogens is 2. The lowest BCUT2D eigenvalue weighted by Gasteiger charge is -2.35. The Bertz CT molecular complexity index is 537. The molecule has 2 rings (SSSR count). The van der Waals surface area contributed by atoms with Crippen molar-refractivity contribution in [3.05, 3.63) is 21.0 Å². The van der Waals surface area contributed by atoms with Gasteiger partial charge in [-0.1, -0.05) is 13.3 Å². The van der Waals surface area contributed by atoms with E-state index in [1.807, 2.05) is 0 Å². The number of aryl methyl sites for hydroxylation is 1. The second-order valence-corrected chi connectivity index (χ2v) is 7.11. The highest BCUT2D eigenvalue weighted by molar-refractivity contribution is 9.10. The molecule has 22 heavy (non-hydrogen) atoms. The van der Waals surface area contributed by atoms with Crippen molar-refractivity contribution >= 4 is 21.6 Å². The lowest BCUT2D eigenvalue weighted by molar-refractivity contribution is 0.246. The molecule has 5 nitrogen and oxygen atoms in total. The maximum Gasteiger partial charge on any atom is 0.282 e. The van der Waals surface area contributed by atoms with Crippen molar-refractivity contribution in [3.63, 3.8) is 0 Å². The Morgan fingerprint density at radius 2 is 2.09 bits per heavy atom. The summed E-state index contributed by atoms with van der Waals surface area (Å²) in [6, 6.07) is 0. The van der Waals surface area contributed by atoms with Gasteiger partial charge in [0.2, 0.25) is 0 Å². The molecule has 2 heterocycles. The van der Waals surface area contributed by atoms with Crippen LogP contribution in [0, 0.1) is 5.92 Å². The first kappa shape index (κ1) is 17.5. The zero-order valence-corrected chi connectivity index (χ0v) is 15.5. The van der Waals surface area contributed by atoms with Gasteiger partial charge in [0.25, 0.3) is 5.56 Å². The van der Waals surface area contributed by atoms with Crippen LogP contribution in [0.15, 0.2) is 15.5 Å². The zero-order chi connectivity index (χ0) is 16.1. The third-order valence-corrected chi connectivity index (χ3v) is 5.22. The molecule has 0 aliphatic carbocycles. The van der Waals surface area contributed by atoms with Crippen LogP contribution >= 0.6 is 15.9 Å². The van der Waals surface area contributed by atoms with E-state index in [0.29, 0.717) is 4.47 Å². The molecular weight excluding hydrogens is 344 g/mol. The lowest BCUT2D eigenvalue weighted by Crippen LogP contribution is -2.39. The summed E-state index contributed by atoms with van der Waals surface area (Å²) in [6.07, 6.45) is 6.68. The van der Waals surface area contributed by atoms with Crippen molar-refractivity contribution in [3.8, 4) is 0 Å². The average molecular weight is 371 g/mol. The van der Waals surface area contributed by atoms with Crippen molar-refractivity contribution in [2.75, 3.05) is 38.1 Å². The van der Waals surface area contributed by atoms with Gasteiger partial charge in [0, 0.05) is 26.7 Å². The minimum absolute atomic E-state index is 0.0704. The molecule has 124 valence electrons. The fourth-order valence-corrected chi connectivity index (χ4v) is 3.65. The van der Waals surface area contributed by atoms with Gasteiger partial charge in [-0.3, -0.25) is 4.79 Å². The molecule has 0 N–H and O–H groups in total. The van der Waals surface area contributed by atoms with Crippen molar-refractivity contribution in [2.24, 2.45) is 13.0 Å². The maximum absolute atomic E-state index is 12.0. The summed E-state index contributed by atoms with van der Waals surface area (Å²) in [6.45, 7) is 6.62. The van der Waals surface area contributed by atoms with Gasteiger partial charge in [-0.05, 0) is 54.7 Å². The van der Waals surface area contributed by atoms with Crippen LogP contribution < -0.4 is 10.5 Å². The molecule has 1 aliphatic rings. The number of unbranched alkanes of at least 4 members (excludes halogenated alkanes) is 1. The van der Waals surface area contributed by atoms with E-state index < -0.39 is 0 Å². The Labute approximate surface area is 141 Å². The highest BCUT2D eigenvalue weighted by Crippen LogP contribution is 2.27. The average Bonchev–Trinajstić information content (AvgIpc) is 2.52. The van der Waals surface area contributed by atoms with Gasteiger partial charge in [0.15, 0.2) is 0 Å². The number of anilines is 1. The molecule has 0 aromatic carbocycles. The Balaban J connectivity index is 1.90. The van der Waals surface area contributed by atoms with Crippen LogP contribution in [0.3, 0.4) is 0 Å². The highest BCUT2D eigenvalue weighted by atomic mass is 79.9. The third-order valence-electron chi connectivity index (χ3n) is 4.48. The lowest BCUT2D eigenvalue weighted by atomic mass is 9.96. The molecule has 1 aromatic rings. The van der Waals surface area contributed by atoms with E-state index in [2.05, 4.69) is 44.8 Å². The molecule has 0 amide bonds. The normalized spacial score (nSPS) is 16.5. The maximum atomic E-state index is 12.0. The van der Waals surface area contributed by atoms with E-state index in [-0.39, 0.29) is 5.56 Å². The monoisotopic (exact) mass is 370 g/mol. The quantitative estimate of drug-likeness (QED) is 0.771. The number of hydrogen-bond acceptors (Lipinski definition) is 4. The number of rotatable bonds is 6. The summed E-state index contributed by atoms with van der Waals surface area (Å²) in [5, 5.41) is 4.14. The molecule has 1 aromatic heterocycles. The van der Waals surface area contributed by atoms with Gasteiger partial charge < -0.3 is 9.80 Å². The molecule has 0 saturated carbocycles. The SMILES string of the molecule is CCCCN(C)CC1CCN(c2cnn(C)c(=O)c2Br)CC1. The number of piperidine rings is 1. The Kier molecular flexibility index (Phi) is 6.44. The molecule has 0 atom stereocenters. The van der Waals surface area contributed by atoms with E-state index in [4.69, 9.17) is 0 Å². The highest BCUT2D eigenvalue weighted by Gasteiger charge is 2.23. The molecule has 0 radical (unpaired) electrons. The summed E-state index contributed by atoms with van der Waals surface area (Å²) >= 11 is 3.43. The summed E-state index contributed by atoms with van der Waals surface area (Å²) < 4.78 is 1.99. The Hall–Kier alpha value is -0.880. The fourth-order valence-electron chi connectivity index (χ4n) is 3.04. The van der Waals surface area contributed by atoms with Gasteiger partial charge >= 0.3 is 0 Å². The van der Waals surface area contributed by atoms with E-state index >= 15 is 0 Å². The number of halogens is 1. The number of nitrogens with zero attached hydrogens (tertiary/aromatic N) is 4. The van der Waals surface area contributed by atoms with Crippen LogP contribution in [-0.2, 0) is 7.05 Å². The summed E-state index contributed by atoms with van der Waals surface area (Å²) in [5.74, 6) is 0.761. The molecule has 0 spiro atoms. The molecule has 0 unspecified atom stereocenters. The van der Waals surface area contributed by atoms with Crippen LogP contribution in [0.5, 0.6) is 0 Å². The minimum Gasteiger partial charge on any atom is -0.369 e. The van der Waals surface area contributed by atoms with E-state index in [9.17, 15) is 4.79 Å². The van der Waals surface area contributed by atoms with Crippen molar-refractivity contribution in [1.82, 2.24) is 14.7 Å². The topological polar surface area (TPSA) is 41.4 Å². The zero-order valence-electron chi connectivity index (χ0n) is 13.9. The standard InChI is InChI=1S/C16H27BrN4O/c1-4-5-8-19(2)12-13-6-9-21(10-7-13)14-11-18-20(3)16(22)15(14)17/h11,13H,4-10,12H2,1-3H3. The minimum atomic E-state index is -0.0704. The van der Waals surface area contributed by atoms with E-state index in [0.717, 1.165) is 24.7 Å². The van der Waals surface area contributed by atoms with Gasteiger partial charge in [0.1, 0.15) is 4.47 Å². The van der Waals surface area contributed by atoms with Crippen LogP contribution in [0.25, 0.3) is 0 Å². The van der Waals surface area contributed by atoms with Crippen molar-refractivity contribution in [1.29, 1.82) is 0 Å². The first-order valence-electron chi connectivity index (χ1n) is 8.18. The Morgan fingerprint density at radius 3 is 2.73 bits per heavy atom. The molecule has 1 saturated heterocycles. The largest absolute Gasteiger partial charge is 0.369 e. The summed E-state index contributed by atoms with van der Waals surface area (Å²) in [4.78, 5) is 16.7. The van der Waals surface area contributed by atoms with Crippen LogP contribution in [0.4, 0.5) is 5.69 Å². The third kappa shape index (κ3) is 4.32. The predicted molar refractivity (Wildman–Crippen MR) is 94.5 cm³/mol. The molecule has 1 fully saturated rings. The number of hydrogen-bond donors (Lipinski definition) is 0. The van der Waals surface area contributed by atoms with Crippen molar-refractivity contribution < 1.29 is 0 Å². The van der Waals surface area contributed by atoms with Gasteiger partial charge in [-0.25, -0.2) is 4.68 Å². The van der Waals surface area contributed by atoms with Gasteiger partial charge in [0.05, 0.1) is 11.9 Å². The molecule has 0 bridgehead atoms. The predicted octanol–water partition coefficient (Wildman–Crippen LogP) is 2.49. The van der Waals surface area contributed by atoms with Crippen molar-refractivity contribution in [2.45, 2.75) is 32.6 Å². The van der Waals surface area contributed by atoms with Gasteiger partial charge in [-0.2, -0.15) is 5.10 Å². The smallest absolute Gasteiger partial charge is 0.282 e. The second kappa shape index (κ2) is 8.11.